The lowest BCUT2D eigenvalue weighted by Gasteiger charge is -2.61. The molecule has 0 aromatic heterocycles. The molecule has 0 radical (unpaired) electrons. The molecule has 6 aliphatic heterocycles. The van der Waals surface area contributed by atoms with Crippen molar-refractivity contribution < 1.29 is 113 Å². The lowest BCUT2D eigenvalue weighted by Crippen LogP contribution is -2.65. The van der Waals surface area contributed by atoms with Gasteiger partial charge in [-0.1, -0.05) is 39.3 Å². The van der Waals surface area contributed by atoms with E-state index in [9.17, 15) is 61.0 Å². The van der Waals surface area contributed by atoms with Crippen molar-refractivity contribution in [3.8, 4) is 0 Å². The topological polar surface area (TPSA) is 341 Å². The van der Waals surface area contributed by atoms with Crippen LogP contribution in [0.5, 0.6) is 0 Å². The van der Waals surface area contributed by atoms with E-state index < -0.39 is 159 Å². The number of hydrogen-bond acceptors (Lipinski definition) is 23. The minimum atomic E-state index is -1.80. The van der Waals surface area contributed by atoms with Crippen LogP contribution in [0.3, 0.4) is 0 Å². The Morgan fingerprint density at radius 1 is 0.649 bits per heavy atom. The molecule has 10 rings (SSSR count). The zero-order valence-corrected chi connectivity index (χ0v) is 43.0. The zero-order chi connectivity index (χ0) is 53.2. The molecule has 0 unspecified atom stereocenters. The Bertz CT molecular complexity index is 2040. The number of carbonyl (C=O) groups excluding carboxylic acids is 1. The standard InChI is InChI=1S/C51H80O23/c1-18-15-66-51(44(63)40(18)71-46-38(61)35(58)33(56)20(3)67-46)19(2)32-30(74-51)14-27-25-9-8-23-12-24(53)13-31(50(23,7)26(25)10-11-49(27,32)6)70-48-43(73-47-39(62)36(59)41(21(4)68-47)69-22(5)52)42(29(55)17-65-48)72-45-37(60)34(57)28(54)16-64-45/h8,18-21,24-48,53-63H,9-17H2,1-7H3/t18-,19-,20+,21-,24+,25+,26+,27+,28+,29-,30-,31+,32-,33-,34-,35-,36-,37+,38+,39+,40-,41-,42-,43+,44-,45-,46-,47-,48-,49-,50-,51-/m0/s1. The summed E-state index contributed by atoms with van der Waals surface area (Å²) in [6.45, 7) is 12.0. The Balaban J connectivity index is 0.897. The quantitative estimate of drug-likeness (QED) is 0.0864. The number of carbonyl (C=O) groups is 1. The first-order valence-corrected chi connectivity index (χ1v) is 26.7. The van der Waals surface area contributed by atoms with Crippen molar-refractivity contribution in [3.05, 3.63) is 11.6 Å². The van der Waals surface area contributed by atoms with Crippen LogP contribution in [0.4, 0.5) is 0 Å². The summed E-state index contributed by atoms with van der Waals surface area (Å²) < 4.78 is 68.3. The smallest absolute Gasteiger partial charge is 0.303 e. The van der Waals surface area contributed by atoms with Gasteiger partial charge in [0.1, 0.15) is 73.2 Å². The largest absolute Gasteiger partial charge is 0.457 e. The normalized spacial score (nSPS) is 57.4. The molecule has 10 aliphatic rings. The van der Waals surface area contributed by atoms with Crippen molar-refractivity contribution in [2.45, 2.75) is 234 Å². The van der Waals surface area contributed by atoms with Crippen molar-refractivity contribution in [1.82, 2.24) is 0 Å². The van der Waals surface area contributed by atoms with E-state index in [-0.39, 0.29) is 66.7 Å². The molecule has 23 heteroatoms. The highest BCUT2D eigenvalue weighted by Gasteiger charge is 2.72. The van der Waals surface area contributed by atoms with Gasteiger partial charge in [0.2, 0.25) is 0 Å². The summed E-state index contributed by atoms with van der Waals surface area (Å²) >= 11 is 0. The summed E-state index contributed by atoms with van der Waals surface area (Å²) in [4.78, 5) is 11.9. The second-order valence-corrected chi connectivity index (χ2v) is 23.8. The number of ether oxygens (including phenoxy) is 11. The second kappa shape index (κ2) is 20.8. The van der Waals surface area contributed by atoms with Gasteiger partial charge < -0.3 is 108 Å². The number of hydrogen-bond donors (Lipinski definition) is 11. The predicted molar refractivity (Wildman–Crippen MR) is 247 cm³/mol. The molecule has 422 valence electrons. The number of aliphatic hydroxyl groups is 11. The van der Waals surface area contributed by atoms with Gasteiger partial charge in [-0.25, -0.2) is 0 Å². The molecule has 1 spiro atoms. The first-order chi connectivity index (χ1) is 34.9. The van der Waals surface area contributed by atoms with Crippen molar-refractivity contribution in [1.29, 1.82) is 0 Å². The third-order valence-electron chi connectivity index (χ3n) is 19.5. The van der Waals surface area contributed by atoms with Crippen LogP contribution in [0.25, 0.3) is 0 Å². The predicted octanol–water partition coefficient (Wildman–Crippen LogP) is -2.17. The average Bonchev–Trinajstić information content (AvgIpc) is 3.81. The Kier molecular flexibility index (Phi) is 15.6. The van der Waals surface area contributed by atoms with Crippen LogP contribution in [0, 0.1) is 46.3 Å². The summed E-state index contributed by atoms with van der Waals surface area (Å²) in [6, 6.07) is 0. The van der Waals surface area contributed by atoms with Crippen molar-refractivity contribution in [2.24, 2.45) is 46.3 Å². The summed E-state index contributed by atoms with van der Waals surface area (Å²) in [5.74, 6) is -2.49. The van der Waals surface area contributed by atoms with E-state index >= 15 is 0 Å². The Labute approximate surface area is 429 Å². The molecule has 3 saturated carbocycles. The summed E-state index contributed by atoms with van der Waals surface area (Å²) in [5.41, 5.74) is 0.0828. The van der Waals surface area contributed by atoms with Crippen LogP contribution in [-0.2, 0) is 56.9 Å². The van der Waals surface area contributed by atoms with Gasteiger partial charge in [-0.2, -0.15) is 0 Å². The van der Waals surface area contributed by atoms with E-state index in [1.54, 1.807) is 6.92 Å². The maximum Gasteiger partial charge on any atom is 0.303 e. The lowest BCUT2D eigenvalue weighted by molar-refractivity contribution is -0.382. The number of allylic oxidation sites excluding steroid dienone is 1. The number of aliphatic hydroxyl groups excluding tert-OH is 11. The molecule has 6 saturated heterocycles. The minimum absolute atomic E-state index is 0.0279. The highest BCUT2D eigenvalue weighted by atomic mass is 16.8. The van der Waals surface area contributed by atoms with E-state index in [1.165, 1.54) is 6.92 Å². The molecule has 0 amide bonds. The van der Waals surface area contributed by atoms with Gasteiger partial charge in [0.15, 0.2) is 37.1 Å². The fourth-order valence-electron chi connectivity index (χ4n) is 15.5. The average molecular weight is 1060 g/mol. The highest BCUT2D eigenvalue weighted by Crippen LogP contribution is 2.71. The van der Waals surface area contributed by atoms with Crippen molar-refractivity contribution >= 4 is 5.97 Å². The van der Waals surface area contributed by atoms with E-state index in [4.69, 9.17) is 52.1 Å². The van der Waals surface area contributed by atoms with Gasteiger partial charge in [-0.3, -0.25) is 4.79 Å². The van der Waals surface area contributed by atoms with E-state index in [0.717, 1.165) is 31.8 Å². The fraction of sp³-hybridized carbons (Fsp3) is 0.941. The molecule has 6 heterocycles. The van der Waals surface area contributed by atoms with Gasteiger partial charge in [-0.05, 0) is 75.0 Å². The molecule has 9 fully saturated rings. The Hall–Kier alpha value is -1.63. The van der Waals surface area contributed by atoms with Crippen LogP contribution in [0.1, 0.15) is 87.0 Å². The van der Waals surface area contributed by atoms with Crippen LogP contribution in [0.2, 0.25) is 0 Å². The van der Waals surface area contributed by atoms with E-state index in [2.05, 4.69) is 26.8 Å². The zero-order valence-electron chi connectivity index (χ0n) is 43.0. The van der Waals surface area contributed by atoms with Gasteiger partial charge in [-0.15, -0.1) is 0 Å². The van der Waals surface area contributed by atoms with Gasteiger partial charge >= 0.3 is 5.97 Å². The maximum absolute atomic E-state index is 12.3. The number of esters is 1. The molecule has 0 aromatic rings. The molecule has 74 heavy (non-hydrogen) atoms. The third-order valence-corrected chi connectivity index (χ3v) is 19.5. The SMILES string of the molecule is CC(=O)O[C@@H]1[C@@H](O)[C@@H](O)[C@H](O[C@H]2[C@H](O[C@@H]3C[C@H](O)CC4=CC[C@H]5[C@H]6C[C@@H]7O[C@@]8(OC[C@H](C)[C@H](O[C@@H]9O[C@H](C)[C@H](O)[C@H](O)[C@H]9O)[C@@H]8O)[C@@H](C)[C@@H]7[C@@]6(C)CC[C@H]5[C@]43C)OC[C@H](O)[C@@H]2O[C@@H]2OC[C@@H](O)[C@H](O)[C@H]2O)O[C@H]1C. The molecular weight excluding hydrogens is 981 g/mol. The third kappa shape index (κ3) is 9.15. The first-order valence-electron chi connectivity index (χ1n) is 26.7. The molecule has 11 N–H and O–H groups in total. The molecule has 23 nitrogen and oxygen atoms in total. The highest BCUT2D eigenvalue weighted by molar-refractivity contribution is 5.66. The molecule has 0 bridgehead atoms. The number of rotatable bonds is 9. The summed E-state index contributed by atoms with van der Waals surface area (Å²) in [7, 11) is 0. The van der Waals surface area contributed by atoms with Gasteiger partial charge in [0.25, 0.3) is 0 Å². The van der Waals surface area contributed by atoms with Gasteiger partial charge in [0.05, 0.1) is 56.4 Å². The lowest BCUT2D eigenvalue weighted by atomic mass is 9.46. The molecular formula is C51H80O23. The monoisotopic (exact) mass is 1060 g/mol. The summed E-state index contributed by atoms with van der Waals surface area (Å²) in [6.07, 6.45) is -24.4. The number of fused-ring (bicyclic) bond motifs is 7. The molecule has 0 aromatic carbocycles. The second-order valence-electron chi connectivity index (χ2n) is 23.8. The Morgan fingerprint density at radius 3 is 2.00 bits per heavy atom. The van der Waals surface area contributed by atoms with Crippen LogP contribution < -0.4 is 0 Å². The van der Waals surface area contributed by atoms with Crippen LogP contribution in [0.15, 0.2) is 11.6 Å². The van der Waals surface area contributed by atoms with E-state index in [0.29, 0.717) is 12.8 Å². The molecule has 32 atom stereocenters. The van der Waals surface area contributed by atoms with Crippen molar-refractivity contribution in [2.75, 3.05) is 19.8 Å². The first kappa shape index (κ1) is 55.7. The fourth-order valence-corrected chi connectivity index (χ4v) is 15.5. The summed E-state index contributed by atoms with van der Waals surface area (Å²) in [5, 5.41) is 121. The Morgan fingerprint density at radius 2 is 1.28 bits per heavy atom. The van der Waals surface area contributed by atoms with Crippen LogP contribution in [-0.4, -0.2) is 229 Å². The maximum atomic E-state index is 12.3. The van der Waals surface area contributed by atoms with Crippen molar-refractivity contribution in [3.63, 3.8) is 0 Å². The minimum Gasteiger partial charge on any atom is -0.457 e. The van der Waals surface area contributed by atoms with Crippen LogP contribution >= 0.6 is 0 Å². The molecule has 4 aliphatic carbocycles. The van der Waals surface area contributed by atoms with E-state index in [1.807, 2.05) is 6.92 Å². The van der Waals surface area contributed by atoms with Gasteiger partial charge in [0, 0.05) is 30.6 Å².